The van der Waals surface area contributed by atoms with Gasteiger partial charge in [0.15, 0.2) is 0 Å². The van der Waals surface area contributed by atoms with E-state index < -0.39 is 0 Å². The van der Waals surface area contributed by atoms with Gasteiger partial charge in [0.25, 0.3) is 0 Å². The van der Waals surface area contributed by atoms with Gasteiger partial charge in [-0.15, -0.1) is 0 Å². The lowest BCUT2D eigenvalue weighted by atomic mass is 10.2. The molecule has 1 aromatic rings. The fourth-order valence-electron chi connectivity index (χ4n) is 0.727. The van der Waals surface area contributed by atoms with Gasteiger partial charge in [0.05, 0.1) is 5.70 Å². The van der Waals surface area contributed by atoms with Crippen LogP contribution >= 0.6 is 0 Å². The smallest absolute Gasteiger partial charge is 0.0545 e. The average molecular weight is 134 g/mol. The second-order valence-corrected chi connectivity index (χ2v) is 1.99. The van der Waals surface area contributed by atoms with E-state index in [1.165, 1.54) is 6.20 Å². The fraction of sp³-hybridized carbons (Fsp3) is 0. The topological polar surface area (TPSA) is 52.0 Å². The van der Waals surface area contributed by atoms with Gasteiger partial charge < -0.3 is 11.5 Å². The molecule has 4 N–H and O–H groups in total. The molecule has 0 radical (unpaired) electrons. The minimum Gasteiger partial charge on any atom is -0.403 e. The predicted octanol–water partition coefficient (Wildman–Crippen LogP) is 0.902. The van der Waals surface area contributed by atoms with Crippen molar-refractivity contribution >= 4 is 5.70 Å². The fourth-order valence-corrected chi connectivity index (χ4v) is 0.727. The molecule has 0 aliphatic rings. The van der Waals surface area contributed by atoms with Crippen LogP contribution < -0.4 is 11.5 Å². The van der Waals surface area contributed by atoms with Crippen LogP contribution in [0.1, 0.15) is 5.56 Å². The van der Waals surface area contributed by atoms with Crippen molar-refractivity contribution in [3.8, 4) is 0 Å². The lowest BCUT2D eigenvalue weighted by Gasteiger charge is -1.97. The molecule has 2 heteroatoms. The van der Waals surface area contributed by atoms with Gasteiger partial charge >= 0.3 is 0 Å². The summed E-state index contributed by atoms with van der Waals surface area (Å²) in [6, 6.07) is 9.61. The molecule has 0 bridgehead atoms. The maximum absolute atomic E-state index is 5.53. The minimum atomic E-state index is 0.612. The Kier molecular flexibility index (Phi) is 1.95. The van der Waals surface area contributed by atoms with Crippen molar-refractivity contribution in [2.24, 2.45) is 11.5 Å². The molecule has 0 fully saturated rings. The Labute approximate surface area is 60.2 Å². The van der Waals surface area contributed by atoms with E-state index in [0.717, 1.165) is 5.56 Å². The van der Waals surface area contributed by atoms with Crippen molar-refractivity contribution in [1.29, 1.82) is 0 Å². The monoisotopic (exact) mass is 134 g/mol. The molecule has 0 aromatic heterocycles. The maximum Gasteiger partial charge on any atom is 0.0545 e. The summed E-state index contributed by atoms with van der Waals surface area (Å²) in [6.07, 6.45) is 1.40. The highest BCUT2D eigenvalue weighted by Gasteiger charge is 1.90. The SMILES string of the molecule is NC=C(N)c1ccccc1. The average Bonchev–Trinajstić information content (AvgIpc) is 2.05. The molecule has 0 spiro atoms. The Morgan fingerprint density at radius 3 is 2.30 bits per heavy atom. The first-order valence-electron chi connectivity index (χ1n) is 3.07. The van der Waals surface area contributed by atoms with Gasteiger partial charge in [0.2, 0.25) is 0 Å². The highest BCUT2D eigenvalue weighted by molar-refractivity contribution is 5.61. The van der Waals surface area contributed by atoms with E-state index in [-0.39, 0.29) is 0 Å². The molecule has 1 aromatic carbocycles. The van der Waals surface area contributed by atoms with Gasteiger partial charge in [-0.1, -0.05) is 30.3 Å². The third-order valence-corrected chi connectivity index (χ3v) is 1.29. The summed E-state index contributed by atoms with van der Waals surface area (Å²) in [7, 11) is 0. The van der Waals surface area contributed by atoms with Gasteiger partial charge in [-0.2, -0.15) is 0 Å². The third-order valence-electron chi connectivity index (χ3n) is 1.29. The van der Waals surface area contributed by atoms with Crippen molar-refractivity contribution in [1.82, 2.24) is 0 Å². The van der Waals surface area contributed by atoms with Crippen LogP contribution in [0.15, 0.2) is 36.5 Å². The Morgan fingerprint density at radius 2 is 1.80 bits per heavy atom. The maximum atomic E-state index is 5.53. The van der Waals surface area contributed by atoms with E-state index in [1.807, 2.05) is 30.3 Å². The Balaban J connectivity index is 2.96. The zero-order valence-electron chi connectivity index (χ0n) is 5.62. The van der Waals surface area contributed by atoms with E-state index in [1.54, 1.807) is 0 Å². The lowest BCUT2D eigenvalue weighted by molar-refractivity contribution is 1.46. The molecule has 1 rings (SSSR count). The molecular weight excluding hydrogens is 124 g/mol. The quantitative estimate of drug-likeness (QED) is 0.599. The summed E-state index contributed by atoms with van der Waals surface area (Å²) in [6.45, 7) is 0. The molecule has 0 amide bonds. The van der Waals surface area contributed by atoms with E-state index in [4.69, 9.17) is 11.5 Å². The second kappa shape index (κ2) is 2.92. The van der Waals surface area contributed by atoms with Crippen molar-refractivity contribution < 1.29 is 0 Å². The molecule has 0 saturated carbocycles. The van der Waals surface area contributed by atoms with Crippen LogP contribution in [0.25, 0.3) is 5.70 Å². The minimum absolute atomic E-state index is 0.612. The highest BCUT2D eigenvalue weighted by atomic mass is 14.6. The second-order valence-electron chi connectivity index (χ2n) is 1.99. The first-order chi connectivity index (χ1) is 4.84. The summed E-state index contributed by atoms with van der Waals surface area (Å²) < 4.78 is 0. The van der Waals surface area contributed by atoms with Gasteiger partial charge in [-0.05, 0) is 5.56 Å². The van der Waals surface area contributed by atoms with E-state index >= 15 is 0 Å². The highest BCUT2D eigenvalue weighted by Crippen LogP contribution is 2.04. The van der Waals surface area contributed by atoms with Gasteiger partial charge in [-0.3, -0.25) is 0 Å². The molecule has 0 aliphatic carbocycles. The van der Waals surface area contributed by atoms with Crippen molar-refractivity contribution in [2.75, 3.05) is 0 Å². The predicted molar refractivity (Wildman–Crippen MR) is 42.8 cm³/mol. The molecule has 2 nitrogen and oxygen atoms in total. The Morgan fingerprint density at radius 1 is 1.20 bits per heavy atom. The molecule has 0 unspecified atom stereocenters. The molecule has 0 atom stereocenters. The molecule has 52 valence electrons. The van der Waals surface area contributed by atoms with Crippen molar-refractivity contribution in [2.45, 2.75) is 0 Å². The van der Waals surface area contributed by atoms with Crippen LogP contribution in [0.2, 0.25) is 0 Å². The van der Waals surface area contributed by atoms with Crippen LogP contribution in [0.4, 0.5) is 0 Å². The number of benzene rings is 1. The largest absolute Gasteiger partial charge is 0.403 e. The van der Waals surface area contributed by atoms with Crippen LogP contribution in [-0.2, 0) is 0 Å². The van der Waals surface area contributed by atoms with Gasteiger partial charge in [0.1, 0.15) is 0 Å². The zero-order valence-corrected chi connectivity index (χ0v) is 5.62. The summed E-state index contributed by atoms with van der Waals surface area (Å²) >= 11 is 0. The summed E-state index contributed by atoms with van der Waals surface area (Å²) in [5.41, 5.74) is 12.3. The summed E-state index contributed by atoms with van der Waals surface area (Å²) in [5, 5.41) is 0. The Hall–Kier alpha value is -1.44. The van der Waals surface area contributed by atoms with Crippen LogP contribution in [0, 0.1) is 0 Å². The van der Waals surface area contributed by atoms with Gasteiger partial charge in [0, 0.05) is 6.20 Å². The third kappa shape index (κ3) is 1.29. The zero-order chi connectivity index (χ0) is 7.40. The number of rotatable bonds is 1. The molecule has 10 heavy (non-hydrogen) atoms. The first kappa shape index (κ1) is 6.68. The molecule has 0 saturated heterocycles. The van der Waals surface area contributed by atoms with Crippen LogP contribution in [-0.4, -0.2) is 0 Å². The normalized spacial score (nSPS) is 11.4. The van der Waals surface area contributed by atoms with Gasteiger partial charge in [-0.25, -0.2) is 0 Å². The van der Waals surface area contributed by atoms with E-state index in [9.17, 15) is 0 Å². The van der Waals surface area contributed by atoms with Crippen LogP contribution in [0.5, 0.6) is 0 Å². The van der Waals surface area contributed by atoms with E-state index in [2.05, 4.69) is 0 Å². The summed E-state index contributed by atoms with van der Waals surface area (Å²) in [4.78, 5) is 0. The Bertz CT molecular complexity index is 226. The summed E-state index contributed by atoms with van der Waals surface area (Å²) in [5.74, 6) is 0. The molecule has 0 aliphatic heterocycles. The van der Waals surface area contributed by atoms with Crippen molar-refractivity contribution in [3.05, 3.63) is 42.1 Å². The number of nitrogens with two attached hydrogens (primary N) is 2. The molecule has 0 heterocycles. The lowest BCUT2D eigenvalue weighted by Crippen LogP contribution is -1.98. The molecular formula is C8H10N2. The number of hydrogen-bond donors (Lipinski definition) is 2. The van der Waals surface area contributed by atoms with E-state index in [0.29, 0.717) is 5.70 Å². The first-order valence-corrected chi connectivity index (χ1v) is 3.07. The van der Waals surface area contributed by atoms with Crippen LogP contribution in [0.3, 0.4) is 0 Å². The standard InChI is InChI=1S/C8H10N2/c9-6-8(10)7-4-2-1-3-5-7/h1-6H,9-10H2. The number of hydrogen-bond acceptors (Lipinski definition) is 2. The van der Waals surface area contributed by atoms with Crippen molar-refractivity contribution in [3.63, 3.8) is 0 Å².